The number of aliphatic imine (C=N–C) groups is 1. The standard InChI is InChI=1S/C17H18IN5S/c18-22-16(15-8-4-5-9-19-15)21-17(23-10-12-24-13-11-23)20-14-6-2-1-3-7-14/h1-9H,10-13H2,(H,20,21,22). The minimum absolute atomic E-state index is 0.618. The van der Waals surface area contributed by atoms with Crippen LogP contribution in [0.1, 0.15) is 5.69 Å². The van der Waals surface area contributed by atoms with Crippen LogP contribution in [0.2, 0.25) is 0 Å². The molecule has 0 spiro atoms. The molecule has 24 heavy (non-hydrogen) atoms. The average Bonchev–Trinajstić information content (AvgIpc) is 2.67. The van der Waals surface area contributed by atoms with Crippen LogP contribution in [0.4, 0.5) is 5.69 Å². The van der Waals surface area contributed by atoms with Gasteiger partial charge in [-0.15, -0.1) is 0 Å². The van der Waals surface area contributed by atoms with E-state index >= 15 is 0 Å². The third-order valence-electron chi connectivity index (χ3n) is 3.53. The molecule has 3 rings (SSSR count). The largest absolute Gasteiger partial charge is 0.341 e. The van der Waals surface area contributed by atoms with Gasteiger partial charge < -0.3 is 10.2 Å². The first-order valence-corrected chi connectivity index (χ1v) is 9.82. The number of thioether (sulfide) groups is 1. The summed E-state index contributed by atoms with van der Waals surface area (Å²) in [6.07, 6.45) is 1.76. The third kappa shape index (κ3) is 4.70. The number of hydrogen-bond acceptors (Lipinski definition) is 3. The topological polar surface area (TPSA) is 52.9 Å². The molecule has 7 heteroatoms. The second-order valence-electron chi connectivity index (χ2n) is 5.15. The molecule has 1 saturated heterocycles. The normalized spacial score (nSPS) is 16.1. The molecule has 2 aromatic rings. The van der Waals surface area contributed by atoms with Crippen LogP contribution < -0.4 is 5.32 Å². The van der Waals surface area contributed by atoms with Crippen LogP contribution in [0.15, 0.2) is 62.9 Å². The number of para-hydroxylation sites is 1. The molecule has 1 aliphatic rings. The molecule has 2 heterocycles. The summed E-state index contributed by atoms with van der Waals surface area (Å²) in [5.74, 6) is 3.65. The zero-order valence-electron chi connectivity index (χ0n) is 13.1. The van der Waals surface area contributed by atoms with E-state index in [9.17, 15) is 0 Å². The molecule has 1 aliphatic heterocycles. The number of rotatable bonds is 2. The Morgan fingerprint density at radius 3 is 2.50 bits per heavy atom. The van der Waals surface area contributed by atoms with E-state index in [2.05, 4.69) is 18.4 Å². The number of nitrogens with zero attached hydrogens (tertiary/aromatic N) is 4. The van der Waals surface area contributed by atoms with Gasteiger partial charge in [0, 0.05) is 36.5 Å². The predicted molar refractivity (Wildman–Crippen MR) is 111 cm³/mol. The fraction of sp³-hybridized carbons (Fsp3) is 0.235. The summed E-state index contributed by atoms with van der Waals surface area (Å²) in [6, 6.07) is 15.9. The van der Waals surface area contributed by atoms with E-state index in [1.54, 1.807) is 6.20 Å². The summed E-state index contributed by atoms with van der Waals surface area (Å²) in [5, 5.41) is 3.44. The Balaban J connectivity index is 1.90. The van der Waals surface area contributed by atoms with Gasteiger partial charge in [0.1, 0.15) is 5.69 Å². The molecule has 1 aromatic carbocycles. The highest BCUT2D eigenvalue weighted by atomic mass is 127. The summed E-state index contributed by atoms with van der Waals surface area (Å²) in [6.45, 7) is 1.94. The number of guanidine groups is 1. The minimum atomic E-state index is 0.618. The lowest BCUT2D eigenvalue weighted by atomic mass is 10.3. The Hall–Kier alpha value is -1.61. The van der Waals surface area contributed by atoms with E-state index in [-0.39, 0.29) is 0 Å². The van der Waals surface area contributed by atoms with Crippen molar-refractivity contribution in [3.05, 3.63) is 60.4 Å². The SMILES string of the molecule is IN=C(N=C(Nc1ccccc1)N1CCSCC1)c1ccccn1. The van der Waals surface area contributed by atoms with E-state index in [1.807, 2.05) is 83.2 Å². The lowest BCUT2D eigenvalue weighted by molar-refractivity contribution is 0.462. The summed E-state index contributed by atoms with van der Waals surface area (Å²) in [5.41, 5.74) is 1.79. The Morgan fingerprint density at radius 2 is 1.83 bits per heavy atom. The maximum absolute atomic E-state index is 4.79. The maximum Gasteiger partial charge on any atom is 0.205 e. The van der Waals surface area contributed by atoms with Crippen molar-refractivity contribution in [2.24, 2.45) is 8.20 Å². The summed E-state index contributed by atoms with van der Waals surface area (Å²) >= 11 is 3.95. The molecule has 0 bridgehead atoms. The zero-order valence-corrected chi connectivity index (χ0v) is 16.1. The van der Waals surface area contributed by atoms with Gasteiger partial charge in [-0.2, -0.15) is 20.0 Å². The number of benzene rings is 1. The van der Waals surface area contributed by atoms with Crippen molar-refractivity contribution in [1.29, 1.82) is 0 Å². The number of amidine groups is 1. The van der Waals surface area contributed by atoms with Crippen molar-refractivity contribution in [2.75, 3.05) is 29.9 Å². The first-order valence-electron chi connectivity index (χ1n) is 7.70. The fourth-order valence-corrected chi connectivity index (χ4v) is 3.58. The zero-order chi connectivity index (χ0) is 16.6. The minimum Gasteiger partial charge on any atom is -0.341 e. The van der Waals surface area contributed by atoms with Crippen molar-refractivity contribution >= 4 is 52.1 Å². The lowest BCUT2D eigenvalue weighted by Gasteiger charge is -2.30. The molecule has 0 atom stereocenters. The van der Waals surface area contributed by atoms with Gasteiger partial charge in [0.2, 0.25) is 5.96 Å². The molecule has 124 valence electrons. The van der Waals surface area contributed by atoms with Crippen LogP contribution in [0, 0.1) is 0 Å². The predicted octanol–water partition coefficient (Wildman–Crippen LogP) is 3.70. The van der Waals surface area contributed by atoms with Gasteiger partial charge in [-0.05, 0) is 24.3 Å². The molecule has 5 nitrogen and oxygen atoms in total. The third-order valence-corrected chi connectivity index (χ3v) is 4.93. The van der Waals surface area contributed by atoms with Crippen molar-refractivity contribution in [2.45, 2.75) is 0 Å². The molecular formula is C17H18IN5S. The fourth-order valence-electron chi connectivity index (χ4n) is 2.32. The van der Waals surface area contributed by atoms with Crippen LogP contribution >= 0.6 is 34.6 Å². The Kier molecular flexibility index (Phi) is 6.48. The first-order chi connectivity index (χ1) is 11.9. The summed E-state index contributed by atoms with van der Waals surface area (Å²) < 4.78 is 4.30. The highest BCUT2D eigenvalue weighted by molar-refractivity contribution is 14.1. The van der Waals surface area contributed by atoms with Gasteiger partial charge >= 0.3 is 0 Å². The van der Waals surface area contributed by atoms with Crippen LogP contribution in [-0.2, 0) is 0 Å². The number of anilines is 1. The number of nitrogens with one attached hydrogen (secondary N) is 1. The molecule has 1 aromatic heterocycles. The van der Waals surface area contributed by atoms with Gasteiger partial charge in [-0.3, -0.25) is 4.98 Å². The van der Waals surface area contributed by atoms with E-state index in [0.717, 1.165) is 41.9 Å². The Morgan fingerprint density at radius 1 is 1.08 bits per heavy atom. The monoisotopic (exact) mass is 451 g/mol. The summed E-state index contributed by atoms with van der Waals surface area (Å²) in [7, 11) is 0. The van der Waals surface area contributed by atoms with Crippen LogP contribution in [0.5, 0.6) is 0 Å². The quantitative estimate of drug-likeness (QED) is 0.430. The van der Waals surface area contributed by atoms with Crippen molar-refractivity contribution < 1.29 is 0 Å². The van der Waals surface area contributed by atoms with Crippen LogP contribution in [-0.4, -0.2) is 46.3 Å². The van der Waals surface area contributed by atoms with Crippen LogP contribution in [0.25, 0.3) is 0 Å². The van der Waals surface area contributed by atoms with Crippen molar-refractivity contribution in [3.8, 4) is 0 Å². The Labute approximate surface area is 160 Å². The van der Waals surface area contributed by atoms with E-state index < -0.39 is 0 Å². The van der Waals surface area contributed by atoms with Crippen molar-refractivity contribution in [1.82, 2.24) is 9.88 Å². The average molecular weight is 451 g/mol. The highest BCUT2D eigenvalue weighted by Crippen LogP contribution is 2.14. The van der Waals surface area contributed by atoms with Gasteiger partial charge in [0.15, 0.2) is 5.84 Å². The second kappa shape index (κ2) is 9.03. The van der Waals surface area contributed by atoms with E-state index in [4.69, 9.17) is 4.99 Å². The smallest absolute Gasteiger partial charge is 0.205 e. The Bertz CT molecular complexity index is 699. The molecule has 1 fully saturated rings. The first kappa shape index (κ1) is 17.2. The number of halogens is 1. The van der Waals surface area contributed by atoms with Gasteiger partial charge in [-0.25, -0.2) is 0 Å². The number of aromatic nitrogens is 1. The molecule has 0 amide bonds. The van der Waals surface area contributed by atoms with E-state index in [0.29, 0.717) is 5.84 Å². The second-order valence-corrected chi connectivity index (χ2v) is 6.86. The molecule has 0 unspecified atom stereocenters. The van der Waals surface area contributed by atoms with Crippen LogP contribution in [0.3, 0.4) is 0 Å². The van der Waals surface area contributed by atoms with Gasteiger partial charge in [0.05, 0.1) is 22.9 Å². The van der Waals surface area contributed by atoms with Gasteiger partial charge in [0.25, 0.3) is 0 Å². The lowest BCUT2D eigenvalue weighted by Crippen LogP contribution is -2.42. The molecular weight excluding hydrogens is 433 g/mol. The number of hydrogen-bond donors (Lipinski definition) is 1. The highest BCUT2D eigenvalue weighted by Gasteiger charge is 2.17. The molecule has 0 aliphatic carbocycles. The molecule has 0 saturated carbocycles. The van der Waals surface area contributed by atoms with E-state index in [1.165, 1.54) is 0 Å². The van der Waals surface area contributed by atoms with Crippen molar-refractivity contribution in [3.63, 3.8) is 0 Å². The molecule has 1 N–H and O–H groups in total. The molecule has 0 radical (unpaired) electrons. The van der Waals surface area contributed by atoms with Gasteiger partial charge in [-0.1, -0.05) is 24.3 Å². The maximum atomic E-state index is 4.79. The number of pyridine rings is 1. The summed E-state index contributed by atoms with van der Waals surface area (Å²) in [4.78, 5) is 11.4.